The molecule has 9 nitrogen and oxygen atoms in total. The first-order chi connectivity index (χ1) is 39.9. The van der Waals surface area contributed by atoms with Crippen molar-refractivity contribution in [3.05, 3.63) is 97.2 Å². The van der Waals surface area contributed by atoms with E-state index < -0.39 is 20.0 Å². The van der Waals surface area contributed by atoms with E-state index in [0.717, 1.165) is 96.3 Å². The van der Waals surface area contributed by atoms with Crippen molar-refractivity contribution in [2.45, 2.75) is 309 Å². The molecule has 2 N–H and O–H groups in total. The zero-order valence-corrected chi connectivity index (χ0v) is 55.1. The third kappa shape index (κ3) is 61.5. The topological polar surface area (TPSA) is 111 Å². The molecule has 0 aliphatic heterocycles. The summed E-state index contributed by atoms with van der Waals surface area (Å²) in [7, 11) is 1.47. The van der Waals surface area contributed by atoms with Crippen molar-refractivity contribution in [1.82, 2.24) is 5.32 Å². The third-order valence-electron chi connectivity index (χ3n) is 14.8. The monoisotopic (exact) mass is 1170 g/mol. The summed E-state index contributed by atoms with van der Waals surface area (Å²) in [5.41, 5.74) is 0. The minimum absolute atomic E-state index is 0.0303. The SMILES string of the molecule is CC/C=C/C/C=C/C/C=C/C/C=C/CCCCCC(=O)NC(COP(=O)(O)OCC[N+](C)(C)C)C(/C=C\CCCCCCCCCCCCC)OC(=O)CCCCCCCCCCCCCCCC/C=C\C/C=C\C/C=C\CCCCC. The van der Waals surface area contributed by atoms with E-state index in [0.29, 0.717) is 23.9 Å². The summed E-state index contributed by atoms with van der Waals surface area (Å²) in [4.78, 5) is 37.8. The molecule has 474 valence electrons. The molecule has 0 bridgehead atoms. The summed E-state index contributed by atoms with van der Waals surface area (Å²) in [5.74, 6) is -0.540. The first-order valence-corrected chi connectivity index (χ1v) is 35.6. The maximum absolute atomic E-state index is 13.6. The number of amides is 1. The van der Waals surface area contributed by atoms with Crippen molar-refractivity contribution in [2.75, 3.05) is 40.9 Å². The molecule has 0 aromatic carbocycles. The molecule has 0 rings (SSSR count). The molecular weight excluding hydrogens is 1040 g/mol. The van der Waals surface area contributed by atoms with E-state index in [9.17, 15) is 19.0 Å². The number of likely N-dealkylation sites (N-methyl/N-ethyl adjacent to an activating group) is 1. The normalized spacial score (nSPS) is 14.2. The number of carbonyl (C=O) groups is 2. The fourth-order valence-electron chi connectivity index (χ4n) is 9.53. The van der Waals surface area contributed by atoms with Crippen LogP contribution in [0, 0.1) is 0 Å². The second kappa shape index (κ2) is 61.0. The van der Waals surface area contributed by atoms with Crippen molar-refractivity contribution in [2.24, 2.45) is 0 Å². The molecule has 3 atom stereocenters. The maximum atomic E-state index is 13.6. The van der Waals surface area contributed by atoms with Crippen LogP contribution in [-0.4, -0.2) is 74.3 Å². The number of hydrogen-bond acceptors (Lipinski definition) is 6. The number of carbonyl (C=O) groups excluding carboxylic acids is 2. The Hall–Kier alpha value is -3.07. The smallest absolute Gasteiger partial charge is 0.456 e. The van der Waals surface area contributed by atoms with Crippen molar-refractivity contribution < 1.29 is 37.3 Å². The maximum Gasteiger partial charge on any atom is 0.472 e. The van der Waals surface area contributed by atoms with E-state index in [2.05, 4.69) is 111 Å². The zero-order valence-electron chi connectivity index (χ0n) is 54.2. The van der Waals surface area contributed by atoms with Crippen molar-refractivity contribution >= 4 is 19.7 Å². The van der Waals surface area contributed by atoms with Gasteiger partial charge in [-0.2, -0.15) is 0 Å². The summed E-state index contributed by atoms with van der Waals surface area (Å²) in [6, 6.07) is -0.870. The summed E-state index contributed by atoms with van der Waals surface area (Å²) in [6.45, 7) is 6.86. The number of quaternary nitrogens is 1. The van der Waals surface area contributed by atoms with Gasteiger partial charge in [0.2, 0.25) is 5.91 Å². The largest absolute Gasteiger partial charge is 0.472 e. The van der Waals surface area contributed by atoms with Crippen LogP contribution in [0.3, 0.4) is 0 Å². The number of hydrogen-bond donors (Lipinski definition) is 2. The molecule has 0 saturated heterocycles. The van der Waals surface area contributed by atoms with Gasteiger partial charge in [0.1, 0.15) is 19.3 Å². The van der Waals surface area contributed by atoms with Crippen molar-refractivity contribution in [3.8, 4) is 0 Å². The van der Waals surface area contributed by atoms with Crippen LogP contribution in [0.5, 0.6) is 0 Å². The van der Waals surface area contributed by atoms with Crippen molar-refractivity contribution in [1.29, 1.82) is 0 Å². The average molecular weight is 1170 g/mol. The standard InChI is InChI=1S/C72H129N2O7P/c1-7-10-13-16-19-22-25-28-30-32-33-34-35-36-37-38-39-40-41-42-44-47-50-53-56-59-62-65-72(76)81-70(63-60-57-54-51-48-45-27-24-21-18-15-12-9-3)69(68-80-82(77,78)79-67-66-74(4,5)6)73-71(75)64-61-58-55-52-49-46-43-31-29-26-23-20-17-14-11-8-2/h11,14,19-20,22-23,28-31,33-34,46,49,60,63,69-70H,7-10,12-13,15-18,21,24-27,32,35-45,47-48,50-59,61-62,64-68H2,1-6H3,(H-,73,75,77,78)/p+1/b14-11+,22-19-,23-20+,30-28-,31-29+,34-33-,49-46+,63-60-. The van der Waals surface area contributed by atoms with Crippen molar-refractivity contribution in [3.63, 3.8) is 0 Å². The molecule has 0 saturated carbocycles. The quantitative estimate of drug-likeness (QED) is 0.0205. The van der Waals surface area contributed by atoms with E-state index >= 15 is 0 Å². The van der Waals surface area contributed by atoms with Crippen LogP contribution in [0.2, 0.25) is 0 Å². The molecule has 0 heterocycles. The third-order valence-corrected chi connectivity index (χ3v) is 15.7. The predicted octanol–water partition coefficient (Wildman–Crippen LogP) is 21.5. The molecule has 0 radical (unpaired) electrons. The number of phosphoric acid groups is 1. The molecule has 10 heteroatoms. The zero-order chi connectivity index (χ0) is 60.0. The van der Waals surface area contributed by atoms with E-state index in [4.69, 9.17) is 13.8 Å². The van der Waals surface area contributed by atoms with Gasteiger partial charge in [0, 0.05) is 12.8 Å². The van der Waals surface area contributed by atoms with Gasteiger partial charge in [0.15, 0.2) is 0 Å². The molecular formula is C72H130N2O7P+. The highest BCUT2D eigenvalue weighted by Crippen LogP contribution is 2.43. The average Bonchev–Trinajstić information content (AvgIpc) is 3.45. The predicted molar refractivity (Wildman–Crippen MR) is 355 cm³/mol. The number of rotatable bonds is 61. The summed E-state index contributed by atoms with van der Waals surface area (Å²) < 4.78 is 30.8. The second-order valence-corrected chi connectivity index (χ2v) is 25.4. The van der Waals surface area contributed by atoms with Gasteiger partial charge < -0.3 is 19.4 Å². The number of esters is 1. The van der Waals surface area contributed by atoms with Crippen LogP contribution in [0.15, 0.2) is 97.2 Å². The first kappa shape index (κ1) is 78.9. The summed E-state index contributed by atoms with van der Waals surface area (Å²) in [6.07, 6.45) is 82.8. The van der Waals surface area contributed by atoms with Crippen LogP contribution < -0.4 is 5.32 Å². The highest BCUT2D eigenvalue weighted by molar-refractivity contribution is 7.47. The Labute approximate surface area is 507 Å². The van der Waals surface area contributed by atoms with Crippen LogP contribution in [0.4, 0.5) is 0 Å². The first-order valence-electron chi connectivity index (χ1n) is 34.1. The Balaban J connectivity index is 5.12. The lowest BCUT2D eigenvalue weighted by atomic mass is 10.0. The van der Waals surface area contributed by atoms with Crippen LogP contribution in [0.1, 0.15) is 297 Å². The number of ether oxygens (including phenoxy) is 1. The Bertz CT molecular complexity index is 1720. The Kier molecular flexibility index (Phi) is 58.7. The molecule has 3 unspecified atom stereocenters. The molecule has 82 heavy (non-hydrogen) atoms. The molecule has 0 fully saturated rings. The number of nitrogens with one attached hydrogen (secondary N) is 1. The van der Waals surface area contributed by atoms with E-state index in [1.807, 2.05) is 33.3 Å². The minimum atomic E-state index is -4.47. The van der Waals surface area contributed by atoms with E-state index in [-0.39, 0.29) is 31.5 Å². The number of allylic oxidation sites excluding steroid dienone is 15. The van der Waals surface area contributed by atoms with Crippen LogP contribution in [-0.2, 0) is 27.9 Å². The van der Waals surface area contributed by atoms with Gasteiger partial charge in [0.25, 0.3) is 0 Å². The highest BCUT2D eigenvalue weighted by atomic mass is 31.2. The highest BCUT2D eigenvalue weighted by Gasteiger charge is 2.30. The number of nitrogens with zero attached hydrogens (tertiary/aromatic N) is 1. The van der Waals surface area contributed by atoms with Gasteiger partial charge in [-0.1, -0.05) is 272 Å². The van der Waals surface area contributed by atoms with Gasteiger partial charge in [-0.25, -0.2) is 4.57 Å². The number of unbranched alkanes of at least 4 members (excludes halogenated alkanes) is 31. The van der Waals surface area contributed by atoms with Gasteiger partial charge >= 0.3 is 13.8 Å². The van der Waals surface area contributed by atoms with Crippen LogP contribution >= 0.6 is 7.82 Å². The fraction of sp³-hybridized carbons (Fsp3) is 0.750. The summed E-state index contributed by atoms with van der Waals surface area (Å²) in [5, 5.41) is 3.04. The van der Waals surface area contributed by atoms with Crippen LogP contribution in [0.25, 0.3) is 0 Å². The summed E-state index contributed by atoms with van der Waals surface area (Å²) >= 11 is 0. The van der Waals surface area contributed by atoms with E-state index in [1.165, 1.54) is 161 Å². The van der Waals surface area contributed by atoms with Gasteiger partial charge in [-0.3, -0.25) is 18.6 Å². The van der Waals surface area contributed by atoms with Gasteiger partial charge in [-0.05, 0) is 109 Å². The van der Waals surface area contributed by atoms with Gasteiger partial charge in [0.05, 0.1) is 33.8 Å². The molecule has 0 aromatic heterocycles. The fourth-order valence-corrected chi connectivity index (χ4v) is 10.3. The second-order valence-electron chi connectivity index (χ2n) is 24.0. The Morgan fingerprint density at radius 1 is 0.439 bits per heavy atom. The molecule has 1 amide bonds. The van der Waals surface area contributed by atoms with Gasteiger partial charge in [-0.15, -0.1) is 0 Å². The Morgan fingerprint density at radius 3 is 1.21 bits per heavy atom. The lowest BCUT2D eigenvalue weighted by Crippen LogP contribution is -2.47. The Morgan fingerprint density at radius 2 is 0.780 bits per heavy atom. The molecule has 0 aliphatic carbocycles. The lowest BCUT2D eigenvalue weighted by molar-refractivity contribution is -0.870. The molecule has 0 aromatic rings. The minimum Gasteiger partial charge on any atom is -0.456 e. The lowest BCUT2D eigenvalue weighted by Gasteiger charge is -2.27. The number of phosphoric ester groups is 1. The molecule has 0 spiro atoms. The van der Waals surface area contributed by atoms with E-state index in [1.54, 1.807) is 0 Å². The molecule has 0 aliphatic rings.